The molecule has 0 atom stereocenters. The van der Waals surface area contributed by atoms with E-state index in [1.807, 2.05) is 36.4 Å². The molecule has 0 saturated carbocycles. The highest BCUT2D eigenvalue weighted by Crippen LogP contribution is 2.19. The maximum Gasteiger partial charge on any atom is 0.255 e. The van der Waals surface area contributed by atoms with Crippen LogP contribution in [0.15, 0.2) is 73.1 Å². The molecular formula is C22H23N3O3S. The van der Waals surface area contributed by atoms with Gasteiger partial charge in [0.1, 0.15) is 0 Å². The van der Waals surface area contributed by atoms with E-state index in [1.165, 1.54) is 16.9 Å². The van der Waals surface area contributed by atoms with Gasteiger partial charge in [-0.05, 0) is 73.0 Å². The van der Waals surface area contributed by atoms with E-state index in [1.54, 1.807) is 43.6 Å². The van der Waals surface area contributed by atoms with Crippen molar-refractivity contribution in [1.29, 1.82) is 0 Å². The fourth-order valence-electron chi connectivity index (χ4n) is 2.82. The minimum atomic E-state index is -3.33. The van der Waals surface area contributed by atoms with Crippen LogP contribution in [0.5, 0.6) is 0 Å². The van der Waals surface area contributed by atoms with Crippen LogP contribution < -0.4 is 9.62 Å². The Labute approximate surface area is 171 Å². The van der Waals surface area contributed by atoms with Crippen molar-refractivity contribution in [2.24, 2.45) is 0 Å². The number of benzene rings is 2. The summed E-state index contributed by atoms with van der Waals surface area (Å²) in [5.41, 5.74) is 3.98. The molecule has 0 aliphatic rings. The van der Waals surface area contributed by atoms with Crippen LogP contribution in [-0.4, -0.2) is 32.1 Å². The summed E-state index contributed by atoms with van der Waals surface area (Å²) in [5, 5.41) is 2.86. The fraction of sp³-hybridized carbons (Fsp3) is 0.182. The van der Waals surface area contributed by atoms with E-state index in [2.05, 4.69) is 10.3 Å². The molecule has 1 N–H and O–H groups in total. The summed E-state index contributed by atoms with van der Waals surface area (Å²) >= 11 is 0. The Morgan fingerprint density at radius 1 is 0.931 bits per heavy atom. The van der Waals surface area contributed by atoms with Gasteiger partial charge in [-0.15, -0.1) is 0 Å². The Morgan fingerprint density at radius 2 is 1.52 bits per heavy atom. The summed E-state index contributed by atoms with van der Waals surface area (Å²) in [5.74, 6) is -0.234. The molecule has 0 unspecified atom stereocenters. The van der Waals surface area contributed by atoms with Crippen LogP contribution in [0.1, 0.15) is 28.4 Å². The number of carbonyl (C=O) groups is 1. The van der Waals surface area contributed by atoms with E-state index < -0.39 is 10.0 Å². The zero-order valence-electron chi connectivity index (χ0n) is 16.4. The molecule has 0 aliphatic heterocycles. The van der Waals surface area contributed by atoms with Crippen molar-refractivity contribution in [3.63, 3.8) is 0 Å². The van der Waals surface area contributed by atoms with E-state index >= 15 is 0 Å². The minimum Gasteiger partial charge on any atom is -0.322 e. The number of anilines is 2. The number of hydrogen-bond donors (Lipinski definition) is 1. The van der Waals surface area contributed by atoms with Crippen molar-refractivity contribution < 1.29 is 13.2 Å². The molecule has 6 nitrogen and oxygen atoms in total. The molecule has 3 rings (SSSR count). The maximum absolute atomic E-state index is 12.5. The lowest BCUT2D eigenvalue weighted by atomic mass is 10.1. The van der Waals surface area contributed by atoms with E-state index in [-0.39, 0.29) is 11.7 Å². The van der Waals surface area contributed by atoms with Crippen molar-refractivity contribution >= 4 is 27.3 Å². The molecule has 0 bridgehead atoms. The van der Waals surface area contributed by atoms with E-state index in [9.17, 15) is 13.2 Å². The first-order chi connectivity index (χ1) is 13.9. The number of nitrogens with zero attached hydrogens (tertiary/aromatic N) is 2. The predicted octanol–water partition coefficient (Wildman–Crippen LogP) is 3.71. The molecule has 29 heavy (non-hydrogen) atoms. The van der Waals surface area contributed by atoms with Crippen LogP contribution in [0, 0.1) is 0 Å². The maximum atomic E-state index is 12.5. The zero-order valence-corrected chi connectivity index (χ0v) is 17.2. The van der Waals surface area contributed by atoms with Gasteiger partial charge >= 0.3 is 0 Å². The molecule has 1 heterocycles. The number of rotatable bonds is 7. The van der Waals surface area contributed by atoms with Gasteiger partial charge in [0.15, 0.2) is 0 Å². The van der Waals surface area contributed by atoms with Crippen LogP contribution >= 0.6 is 0 Å². The second kappa shape index (κ2) is 8.87. The number of carbonyl (C=O) groups excluding carboxylic acids is 1. The molecule has 150 valence electrons. The summed E-state index contributed by atoms with van der Waals surface area (Å²) in [6, 6.07) is 18.1. The summed E-state index contributed by atoms with van der Waals surface area (Å²) in [6.07, 6.45) is 4.33. The quantitative estimate of drug-likeness (QED) is 0.645. The van der Waals surface area contributed by atoms with E-state index in [0.717, 1.165) is 12.0 Å². The lowest BCUT2D eigenvalue weighted by Gasteiger charge is -2.18. The Kier molecular flexibility index (Phi) is 6.29. The molecule has 2 aromatic carbocycles. The summed E-state index contributed by atoms with van der Waals surface area (Å²) in [4.78, 5) is 16.5. The summed E-state index contributed by atoms with van der Waals surface area (Å²) in [7, 11) is -1.83. The zero-order chi connectivity index (χ0) is 20.9. The van der Waals surface area contributed by atoms with Gasteiger partial charge in [0, 0.05) is 30.7 Å². The molecule has 0 radical (unpaired) electrons. The van der Waals surface area contributed by atoms with E-state index in [4.69, 9.17) is 0 Å². The highest BCUT2D eigenvalue weighted by atomic mass is 32.2. The van der Waals surface area contributed by atoms with Crippen molar-refractivity contribution in [2.45, 2.75) is 13.3 Å². The Hall–Kier alpha value is -3.19. The number of amides is 1. The average Bonchev–Trinajstić information content (AvgIpc) is 2.75. The number of sulfonamides is 1. The topological polar surface area (TPSA) is 79.4 Å². The highest BCUT2D eigenvalue weighted by molar-refractivity contribution is 7.92. The first-order valence-electron chi connectivity index (χ1n) is 9.25. The molecular weight excluding hydrogens is 386 g/mol. The van der Waals surface area contributed by atoms with Crippen LogP contribution in [0.2, 0.25) is 0 Å². The molecule has 0 aliphatic carbocycles. The highest BCUT2D eigenvalue weighted by Gasteiger charge is 2.16. The number of pyridine rings is 1. The van der Waals surface area contributed by atoms with Gasteiger partial charge in [-0.3, -0.25) is 14.1 Å². The lowest BCUT2D eigenvalue weighted by molar-refractivity contribution is 0.102. The Balaban J connectivity index is 1.64. The number of aromatic nitrogens is 1. The largest absolute Gasteiger partial charge is 0.322 e. The van der Waals surface area contributed by atoms with Crippen molar-refractivity contribution in [3.05, 3.63) is 89.7 Å². The molecule has 1 aromatic heterocycles. The van der Waals surface area contributed by atoms with Gasteiger partial charge in [-0.25, -0.2) is 8.42 Å². The molecule has 3 aromatic rings. The third kappa shape index (κ3) is 5.20. The lowest BCUT2D eigenvalue weighted by Crippen LogP contribution is -2.28. The molecule has 7 heteroatoms. The molecule has 0 spiro atoms. The van der Waals surface area contributed by atoms with Crippen LogP contribution in [0.4, 0.5) is 11.4 Å². The Morgan fingerprint density at radius 3 is 2.10 bits per heavy atom. The van der Waals surface area contributed by atoms with Crippen LogP contribution in [-0.2, 0) is 16.4 Å². The van der Waals surface area contributed by atoms with Crippen molar-refractivity contribution in [2.75, 3.05) is 22.4 Å². The SMILES string of the molecule is CCS(=O)(=O)N(C)c1ccc(C(=O)Nc2ccc(Cc3ccncc3)cc2)cc1. The standard InChI is InChI=1S/C22H23N3O3S/c1-3-29(27,28)25(2)21-10-6-19(7-11-21)22(26)24-20-8-4-17(5-9-20)16-18-12-14-23-15-13-18/h4-15H,3,16H2,1-2H3,(H,24,26). The summed E-state index contributed by atoms with van der Waals surface area (Å²) < 4.78 is 25.1. The second-order valence-electron chi connectivity index (χ2n) is 6.60. The summed E-state index contributed by atoms with van der Waals surface area (Å²) in [6.45, 7) is 1.59. The molecule has 1 amide bonds. The van der Waals surface area contributed by atoms with Gasteiger partial charge in [0.25, 0.3) is 5.91 Å². The first kappa shape index (κ1) is 20.5. The second-order valence-corrected chi connectivity index (χ2v) is 8.89. The third-order valence-corrected chi connectivity index (χ3v) is 6.42. The van der Waals surface area contributed by atoms with E-state index in [0.29, 0.717) is 16.9 Å². The normalized spacial score (nSPS) is 11.1. The smallest absolute Gasteiger partial charge is 0.255 e. The van der Waals surface area contributed by atoms with Gasteiger partial charge in [-0.2, -0.15) is 0 Å². The molecule has 0 saturated heterocycles. The van der Waals surface area contributed by atoms with Gasteiger partial charge in [0.05, 0.1) is 11.4 Å². The minimum absolute atomic E-state index is 0.0168. The van der Waals surface area contributed by atoms with Gasteiger partial charge in [0.2, 0.25) is 10.0 Å². The van der Waals surface area contributed by atoms with Gasteiger partial charge < -0.3 is 5.32 Å². The molecule has 0 fully saturated rings. The van der Waals surface area contributed by atoms with Crippen molar-refractivity contribution in [1.82, 2.24) is 4.98 Å². The van der Waals surface area contributed by atoms with Gasteiger partial charge in [-0.1, -0.05) is 12.1 Å². The fourth-order valence-corrected chi connectivity index (χ4v) is 3.65. The van der Waals surface area contributed by atoms with Crippen LogP contribution in [0.3, 0.4) is 0 Å². The van der Waals surface area contributed by atoms with Crippen molar-refractivity contribution in [3.8, 4) is 0 Å². The third-order valence-electron chi connectivity index (χ3n) is 4.64. The average molecular weight is 410 g/mol. The monoisotopic (exact) mass is 409 g/mol. The first-order valence-corrected chi connectivity index (χ1v) is 10.9. The Bertz CT molecular complexity index is 1060. The number of nitrogens with one attached hydrogen (secondary N) is 1. The number of hydrogen-bond acceptors (Lipinski definition) is 4. The predicted molar refractivity (Wildman–Crippen MR) is 116 cm³/mol. The van der Waals surface area contributed by atoms with Crippen LogP contribution in [0.25, 0.3) is 0 Å².